The lowest BCUT2D eigenvalue weighted by molar-refractivity contribution is 0.482. The topological polar surface area (TPSA) is 28.7 Å². The van der Waals surface area contributed by atoms with Crippen molar-refractivity contribution in [3.05, 3.63) is 18.2 Å². The smallest absolute Gasteiger partial charge is 0.106 e. The minimum absolute atomic E-state index is 0.833. The molecule has 68 valence electrons. The van der Waals surface area contributed by atoms with Crippen LogP contribution in [0.25, 0.3) is 0 Å². The Hall–Kier alpha value is -0.790. The molecule has 0 aliphatic carbocycles. The summed E-state index contributed by atoms with van der Waals surface area (Å²) in [6, 6.07) is 0. The lowest BCUT2D eigenvalue weighted by atomic mass is 10.0. The van der Waals surface area contributed by atoms with Crippen LogP contribution in [-0.4, -0.2) is 9.97 Å². The highest BCUT2D eigenvalue weighted by Gasteiger charge is 2.01. The van der Waals surface area contributed by atoms with Crippen molar-refractivity contribution in [3.63, 3.8) is 0 Å². The van der Waals surface area contributed by atoms with E-state index in [9.17, 15) is 0 Å². The van der Waals surface area contributed by atoms with E-state index < -0.39 is 0 Å². The van der Waals surface area contributed by atoms with Crippen molar-refractivity contribution in [2.24, 2.45) is 5.92 Å². The van der Waals surface area contributed by atoms with Crippen LogP contribution in [0.4, 0.5) is 0 Å². The Morgan fingerprint density at radius 1 is 1.50 bits per heavy atom. The molecule has 0 fully saturated rings. The van der Waals surface area contributed by atoms with Crippen molar-refractivity contribution in [2.75, 3.05) is 0 Å². The van der Waals surface area contributed by atoms with Gasteiger partial charge < -0.3 is 4.98 Å². The van der Waals surface area contributed by atoms with Crippen molar-refractivity contribution < 1.29 is 0 Å². The van der Waals surface area contributed by atoms with Crippen molar-refractivity contribution in [3.8, 4) is 0 Å². The van der Waals surface area contributed by atoms with E-state index in [-0.39, 0.29) is 0 Å². The molecule has 0 saturated carbocycles. The summed E-state index contributed by atoms with van der Waals surface area (Å²) in [5, 5.41) is 0. The minimum atomic E-state index is 0.833. The van der Waals surface area contributed by atoms with Crippen LogP contribution >= 0.6 is 0 Å². The first-order valence-electron chi connectivity index (χ1n) is 4.81. The van der Waals surface area contributed by atoms with Crippen molar-refractivity contribution in [1.29, 1.82) is 0 Å². The molecule has 1 aromatic heterocycles. The molecule has 1 rings (SSSR count). The summed E-state index contributed by atoms with van der Waals surface area (Å²) >= 11 is 0. The molecule has 1 aromatic rings. The summed E-state index contributed by atoms with van der Waals surface area (Å²) in [6.07, 6.45) is 8.68. The van der Waals surface area contributed by atoms with Crippen molar-refractivity contribution in [1.82, 2.24) is 9.97 Å². The van der Waals surface area contributed by atoms with Gasteiger partial charge in [-0.1, -0.05) is 26.7 Å². The third-order valence-corrected chi connectivity index (χ3v) is 2.21. The van der Waals surface area contributed by atoms with Gasteiger partial charge >= 0.3 is 0 Å². The lowest BCUT2D eigenvalue weighted by Crippen LogP contribution is -1.97. The first-order valence-corrected chi connectivity index (χ1v) is 4.81. The van der Waals surface area contributed by atoms with Gasteiger partial charge in [0.15, 0.2) is 0 Å². The first-order chi connectivity index (χ1) is 5.83. The van der Waals surface area contributed by atoms with Crippen LogP contribution < -0.4 is 0 Å². The van der Waals surface area contributed by atoms with Gasteiger partial charge in [0.25, 0.3) is 0 Å². The zero-order valence-corrected chi connectivity index (χ0v) is 8.01. The zero-order chi connectivity index (χ0) is 8.81. The zero-order valence-electron chi connectivity index (χ0n) is 8.01. The number of hydrogen-bond acceptors (Lipinski definition) is 1. The summed E-state index contributed by atoms with van der Waals surface area (Å²) in [5.74, 6) is 1.96. The second kappa shape index (κ2) is 4.96. The monoisotopic (exact) mass is 166 g/mol. The molecule has 12 heavy (non-hydrogen) atoms. The van der Waals surface area contributed by atoms with Crippen LogP contribution in [0.3, 0.4) is 0 Å². The van der Waals surface area contributed by atoms with Gasteiger partial charge in [0.05, 0.1) is 0 Å². The summed E-state index contributed by atoms with van der Waals surface area (Å²) in [4.78, 5) is 7.32. The Kier molecular flexibility index (Phi) is 3.85. The molecule has 0 amide bonds. The van der Waals surface area contributed by atoms with E-state index in [4.69, 9.17) is 0 Å². The van der Waals surface area contributed by atoms with Crippen LogP contribution in [0.1, 0.15) is 38.9 Å². The number of aromatic nitrogens is 2. The third-order valence-electron chi connectivity index (χ3n) is 2.21. The first kappa shape index (κ1) is 9.30. The Morgan fingerprint density at radius 3 is 2.92 bits per heavy atom. The van der Waals surface area contributed by atoms with E-state index in [0.29, 0.717) is 0 Å². The molecule has 0 bridgehead atoms. The SMILES string of the molecule is CCCC(C)CCc1ncc[nH]1. The van der Waals surface area contributed by atoms with Crippen LogP contribution in [-0.2, 0) is 6.42 Å². The molecular weight excluding hydrogens is 148 g/mol. The molecule has 0 radical (unpaired) electrons. The summed E-state index contributed by atoms with van der Waals surface area (Å²) in [6.45, 7) is 4.55. The van der Waals surface area contributed by atoms with Gasteiger partial charge in [-0.2, -0.15) is 0 Å². The van der Waals surface area contributed by atoms with E-state index in [2.05, 4.69) is 23.8 Å². The highest BCUT2D eigenvalue weighted by molar-refractivity contribution is 4.86. The molecule has 0 aliphatic rings. The summed E-state index contributed by atoms with van der Waals surface area (Å²) in [5.41, 5.74) is 0. The van der Waals surface area contributed by atoms with Gasteiger partial charge in [-0.15, -0.1) is 0 Å². The molecule has 2 nitrogen and oxygen atoms in total. The molecule has 1 unspecified atom stereocenters. The van der Waals surface area contributed by atoms with E-state index in [0.717, 1.165) is 18.2 Å². The number of hydrogen-bond donors (Lipinski definition) is 1. The predicted octanol–water partition coefficient (Wildman–Crippen LogP) is 2.78. The summed E-state index contributed by atoms with van der Waals surface area (Å²) in [7, 11) is 0. The second-order valence-electron chi connectivity index (χ2n) is 3.47. The van der Waals surface area contributed by atoms with Crippen molar-refractivity contribution in [2.45, 2.75) is 39.5 Å². The van der Waals surface area contributed by atoms with Gasteiger partial charge in [0.1, 0.15) is 5.82 Å². The van der Waals surface area contributed by atoms with E-state index in [1.54, 1.807) is 0 Å². The van der Waals surface area contributed by atoms with Crippen LogP contribution in [0.15, 0.2) is 12.4 Å². The number of imidazole rings is 1. The maximum Gasteiger partial charge on any atom is 0.106 e. The predicted molar refractivity (Wildman–Crippen MR) is 51.0 cm³/mol. The molecule has 1 heterocycles. The molecular formula is C10H18N2. The molecule has 0 aliphatic heterocycles. The molecule has 2 heteroatoms. The average Bonchev–Trinajstić information content (AvgIpc) is 2.53. The number of aromatic amines is 1. The van der Waals surface area contributed by atoms with E-state index in [1.165, 1.54) is 19.3 Å². The highest BCUT2D eigenvalue weighted by atomic mass is 14.9. The Labute approximate surface area is 74.4 Å². The molecule has 1 atom stereocenters. The largest absolute Gasteiger partial charge is 0.349 e. The molecule has 1 N–H and O–H groups in total. The summed E-state index contributed by atoms with van der Waals surface area (Å²) < 4.78 is 0. The number of aryl methyl sites for hydroxylation is 1. The Morgan fingerprint density at radius 2 is 2.33 bits per heavy atom. The molecule has 0 saturated heterocycles. The maximum absolute atomic E-state index is 4.19. The van der Waals surface area contributed by atoms with Gasteiger partial charge in [0, 0.05) is 18.8 Å². The minimum Gasteiger partial charge on any atom is -0.349 e. The second-order valence-corrected chi connectivity index (χ2v) is 3.47. The Bertz CT molecular complexity index is 192. The van der Waals surface area contributed by atoms with Crippen LogP contribution in [0.5, 0.6) is 0 Å². The van der Waals surface area contributed by atoms with Gasteiger partial charge in [-0.25, -0.2) is 4.98 Å². The fourth-order valence-corrected chi connectivity index (χ4v) is 1.45. The Balaban J connectivity index is 2.17. The van der Waals surface area contributed by atoms with E-state index >= 15 is 0 Å². The van der Waals surface area contributed by atoms with Gasteiger partial charge in [-0.05, 0) is 12.3 Å². The number of H-pyrrole nitrogens is 1. The highest BCUT2D eigenvalue weighted by Crippen LogP contribution is 2.11. The van der Waals surface area contributed by atoms with E-state index in [1.807, 2.05) is 12.4 Å². The fourth-order valence-electron chi connectivity index (χ4n) is 1.45. The quantitative estimate of drug-likeness (QED) is 0.716. The van der Waals surface area contributed by atoms with Gasteiger partial charge in [-0.3, -0.25) is 0 Å². The standard InChI is InChI=1S/C10H18N2/c1-3-4-9(2)5-6-10-11-7-8-12-10/h7-9H,3-6H2,1-2H3,(H,11,12). The number of rotatable bonds is 5. The van der Waals surface area contributed by atoms with Crippen LogP contribution in [0, 0.1) is 5.92 Å². The van der Waals surface area contributed by atoms with Gasteiger partial charge in [0.2, 0.25) is 0 Å². The lowest BCUT2D eigenvalue weighted by Gasteiger charge is -2.07. The number of nitrogens with zero attached hydrogens (tertiary/aromatic N) is 1. The number of nitrogens with one attached hydrogen (secondary N) is 1. The third kappa shape index (κ3) is 3.07. The normalized spacial score (nSPS) is 13.2. The average molecular weight is 166 g/mol. The fraction of sp³-hybridized carbons (Fsp3) is 0.700. The molecule has 0 spiro atoms. The maximum atomic E-state index is 4.19. The van der Waals surface area contributed by atoms with Crippen LogP contribution in [0.2, 0.25) is 0 Å². The molecule has 0 aromatic carbocycles. The van der Waals surface area contributed by atoms with Crippen molar-refractivity contribution >= 4 is 0 Å².